The molecule has 27 heavy (non-hydrogen) atoms. The van der Waals surface area contributed by atoms with Gasteiger partial charge in [-0.25, -0.2) is 13.6 Å². The van der Waals surface area contributed by atoms with Gasteiger partial charge in [0, 0.05) is 5.03 Å². The van der Waals surface area contributed by atoms with Crippen molar-refractivity contribution in [3.05, 3.63) is 70.0 Å². The minimum Gasteiger partial charge on any atom is -0.513 e. The fraction of sp³-hybridized carbons (Fsp3) is 0.333. The Hall–Kier alpha value is -1.82. The molecule has 0 aliphatic heterocycles. The SMILES string of the molecule is C\C(O)=C/C=C(\C=C(/C)Cl)C1=C(c2ccc(S(N)(=O)=O)cc2)CC2(CC2)C1. The molecule has 0 heterocycles. The molecule has 1 spiro atoms. The summed E-state index contributed by atoms with van der Waals surface area (Å²) in [6, 6.07) is 6.74. The second-order valence-electron chi connectivity index (χ2n) is 7.54. The van der Waals surface area contributed by atoms with Crippen molar-refractivity contribution in [2.24, 2.45) is 10.6 Å². The monoisotopic (exact) mass is 405 g/mol. The number of rotatable bonds is 5. The van der Waals surface area contributed by atoms with E-state index >= 15 is 0 Å². The van der Waals surface area contributed by atoms with E-state index < -0.39 is 10.0 Å². The van der Waals surface area contributed by atoms with Gasteiger partial charge in [0.15, 0.2) is 0 Å². The lowest BCUT2D eigenvalue weighted by Crippen LogP contribution is -2.11. The van der Waals surface area contributed by atoms with Gasteiger partial charge < -0.3 is 5.11 Å². The quantitative estimate of drug-likeness (QED) is 0.522. The lowest BCUT2D eigenvalue weighted by atomic mass is 9.96. The number of nitrogens with two attached hydrogens (primary N) is 1. The Morgan fingerprint density at radius 3 is 2.26 bits per heavy atom. The van der Waals surface area contributed by atoms with E-state index in [0.717, 1.165) is 24.0 Å². The highest BCUT2D eigenvalue weighted by Gasteiger charge is 2.48. The predicted octanol–water partition coefficient (Wildman–Crippen LogP) is 5.19. The Morgan fingerprint density at radius 2 is 1.78 bits per heavy atom. The molecule has 2 aliphatic carbocycles. The fourth-order valence-corrected chi connectivity index (χ4v) is 4.25. The van der Waals surface area contributed by atoms with Gasteiger partial charge >= 0.3 is 0 Å². The molecule has 6 heteroatoms. The fourth-order valence-electron chi connectivity index (χ4n) is 3.62. The zero-order chi connectivity index (χ0) is 19.8. The molecule has 0 unspecified atom stereocenters. The van der Waals surface area contributed by atoms with Crippen LogP contribution in [-0.4, -0.2) is 13.5 Å². The first kappa shape index (κ1) is 19.9. The van der Waals surface area contributed by atoms with E-state index in [1.54, 1.807) is 25.1 Å². The molecule has 0 aromatic heterocycles. The maximum absolute atomic E-state index is 11.5. The van der Waals surface area contributed by atoms with Gasteiger partial charge in [0.1, 0.15) is 0 Å². The molecule has 3 N–H and O–H groups in total. The van der Waals surface area contributed by atoms with Crippen LogP contribution < -0.4 is 5.14 Å². The average molecular weight is 406 g/mol. The molecule has 0 amide bonds. The third-order valence-corrected chi connectivity index (χ3v) is 6.20. The molecule has 2 aliphatic rings. The van der Waals surface area contributed by atoms with Crippen LogP contribution in [0.5, 0.6) is 0 Å². The van der Waals surface area contributed by atoms with Gasteiger partial charge in [0.25, 0.3) is 0 Å². The number of sulfonamides is 1. The maximum Gasteiger partial charge on any atom is 0.238 e. The number of hydrogen-bond donors (Lipinski definition) is 2. The van der Waals surface area contributed by atoms with Crippen molar-refractivity contribution < 1.29 is 13.5 Å². The van der Waals surface area contributed by atoms with Gasteiger partial charge in [-0.3, -0.25) is 0 Å². The minimum absolute atomic E-state index is 0.110. The van der Waals surface area contributed by atoms with Crippen molar-refractivity contribution in [2.45, 2.75) is 44.4 Å². The Bertz CT molecular complexity index is 971. The number of primary sulfonamides is 1. The standard InChI is InChI=1S/C21H24ClNO3S/c1-14(22)11-17(4-3-15(2)24)20-13-21(9-10-21)12-19(20)16-5-7-18(8-6-16)27(23,25)26/h3-8,11,24H,9-10,12-13H2,1-2H3,(H2,23,25,26)/b14-11+,15-3+,17-4+. The normalized spacial score (nSPS) is 20.5. The van der Waals surface area contributed by atoms with E-state index in [0.29, 0.717) is 10.4 Å². The van der Waals surface area contributed by atoms with E-state index in [9.17, 15) is 13.5 Å². The highest BCUT2D eigenvalue weighted by Crippen LogP contribution is 2.62. The first-order chi connectivity index (χ1) is 12.6. The number of benzene rings is 1. The minimum atomic E-state index is -3.71. The number of allylic oxidation sites excluding steroid dienone is 8. The van der Waals surface area contributed by atoms with Gasteiger partial charge in [0.05, 0.1) is 10.7 Å². The molecule has 4 nitrogen and oxygen atoms in total. The van der Waals surface area contributed by atoms with Crippen molar-refractivity contribution in [3.8, 4) is 0 Å². The molecule has 0 radical (unpaired) electrons. The smallest absolute Gasteiger partial charge is 0.238 e. The Morgan fingerprint density at radius 1 is 1.15 bits per heavy atom. The zero-order valence-corrected chi connectivity index (χ0v) is 17.1. The topological polar surface area (TPSA) is 80.4 Å². The van der Waals surface area contributed by atoms with Crippen molar-refractivity contribution in [3.63, 3.8) is 0 Å². The van der Waals surface area contributed by atoms with Crippen molar-refractivity contribution in [2.75, 3.05) is 0 Å². The summed E-state index contributed by atoms with van der Waals surface area (Å²) in [5, 5.41) is 15.4. The first-order valence-corrected chi connectivity index (χ1v) is 10.8. The summed E-state index contributed by atoms with van der Waals surface area (Å²) in [7, 11) is -3.71. The number of aliphatic hydroxyl groups is 1. The van der Waals surface area contributed by atoms with Crippen LogP contribution in [0, 0.1) is 5.41 Å². The van der Waals surface area contributed by atoms with E-state index in [-0.39, 0.29) is 10.7 Å². The summed E-state index contributed by atoms with van der Waals surface area (Å²) >= 11 is 6.15. The maximum atomic E-state index is 11.5. The van der Waals surface area contributed by atoms with Gasteiger partial charge in [-0.2, -0.15) is 0 Å². The Labute approximate surface area is 165 Å². The molecule has 0 bridgehead atoms. The van der Waals surface area contributed by atoms with Gasteiger partial charge in [-0.05, 0) is 91.5 Å². The summed E-state index contributed by atoms with van der Waals surface area (Å²) in [5.74, 6) is 0.229. The molecule has 1 fully saturated rings. The van der Waals surface area contributed by atoms with Crippen LogP contribution in [0.25, 0.3) is 5.57 Å². The predicted molar refractivity (Wildman–Crippen MR) is 110 cm³/mol. The van der Waals surface area contributed by atoms with Crippen LogP contribution in [0.3, 0.4) is 0 Å². The number of hydrogen-bond acceptors (Lipinski definition) is 3. The molecule has 1 aromatic carbocycles. The van der Waals surface area contributed by atoms with Crippen LogP contribution in [0.2, 0.25) is 0 Å². The molecule has 0 saturated heterocycles. The third-order valence-electron chi connectivity index (χ3n) is 5.16. The number of halogens is 1. The highest BCUT2D eigenvalue weighted by molar-refractivity contribution is 7.89. The molecule has 0 atom stereocenters. The van der Waals surface area contributed by atoms with Crippen LogP contribution in [0.4, 0.5) is 0 Å². The van der Waals surface area contributed by atoms with Crippen molar-refractivity contribution in [1.82, 2.24) is 0 Å². The molecule has 1 saturated carbocycles. The molecule has 1 aromatic rings. The third kappa shape index (κ3) is 4.72. The molecule has 3 rings (SSSR count). The van der Waals surface area contributed by atoms with E-state index in [2.05, 4.69) is 0 Å². The van der Waals surface area contributed by atoms with Crippen LogP contribution in [0.15, 0.2) is 69.3 Å². The largest absolute Gasteiger partial charge is 0.513 e. The van der Waals surface area contributed by atoms with Gasteiger partial charge in [-0.15, -0.1) is 0 Å². The van der Waals surface area contributed by atoms with Gasteiger partial charge in [-0.1, -0.05) is 29.8 Å². The summed E-state index contributed by atoms with van der Waals surface area (Å²) in [5.41, 5.74) is 4.70. The van der Waals surface area contributed by atoms with Crippen LogP contribution in [-0.2, 0) is 10.0 Å². The van der Waals surface area contributed by atoms with Gasteiger partial charge in [0.2, 0.25) is 10.0 Å². The summed E-state index contributed by atoms with van der Waals surface area (Å²) < 4.78 is 23.1. The Balaban J connectivity index is 2.09. The van der Waals surface area contributed by atoms with E-state index in [4.69, 9.17) is 16.7 Å². The summed E-state index contributed by atoms with van der Waals surface area (Å²) in [6.45, 7) is 3.46. The molecular formula is C21H24ClNO3S. The average Bonchev–Trinajstić information content (AvgIpc) is 3.21. The van der Waals surface area contributed by atoms with Crippen LogP contribution in [0.1, 0.15) is 45.1 Å². The second kappa shape index (κ2) is 7.30. The first-order valence-electron chi connectivity index (χ1n) is 8.87. The lowest BCUT2D eigenvalue weighted by Gasteiger charge is -2.10. The number of aliphatic hydroxyl groups excluding tert-OH is 1. The summed E-state index contributed by atoms with van der Waals surface area (Å²) in [6.07, 6.45) is 9.78. The Kier molecular flexibility index (Phi) is 5.39. The van der Waals surface area contributed by atoms with E-state index in [1.807, 2.05) is 31.2 Å². The molecular weight excluding hydrogens is 382 g/mol. The molecule has 144 valence electrons. The van der Waals surface area contributed by atoms with Crippen LogP contribution >= 0.6 is 11.6 Å². The highest BCUT2D eigenvalue weighted by atomic mass is 35.5. The lowest BCUT2D eigenvalue weighted by molar-refractivity contribution is 0.414. The van der Waals surface area contributed by atoms with Crippen molar-refractivity contribution >= 4 is 27.2 Å². The second-order valence-corrected chi connectivity index (χ2v) is 9.70. The summed E-state index contributed by atoms with van der Waals surface area (Å²) in [4.78, 5) is 0.110. The zero-order valence-electron chi connectivity index (χ0n) is 15.5. The van der Waals surface area contributed by atoms with Crippen molar-refractivity contribution in [1.29, 1.82) is 0 Å². The van der Waals surface area contributed by atoms with E-state index in [1.165, 1.54) is 24.0 Å².